The number of aryl methyl sites for hydroxylation is 1. The third-order valence-electron chi connectivity index (χ3n) is 3.47. The summed E-state index contributed by atoms with van der Waals surface area (Å²) in [5.41, 5.74) is 9.98. The molecule has 0 saturated heterocycles. The number of benzene rings is 1. The van der Waals surface area contributed by atoms with Crippen LogP contribution >= 0.6 is 11.6 Å². The monoisotopic (exact) mass is 306 g/mol. The molecule has 6 heteroatoms. The molecule has 3 N–H and O–H groups in total. The molecule has 1 heterocycles. The molecule has 0 aliphatic carbocycles. The Morgan fingerprint density at radius 2 is 2.14 bits per heavy atom. The molecule has 1 aromatic heterocycles. The maximum absolute atomic E-state index is 12.1. The van der Waals surface area contributed by atoms with Gasteiger partial charge in [0, 0.05) is 10.7 Å². The second kappa shape index (κ2) is 6.18. The Balaban J connectivity index is 2.14. The quantitative estimate of drug-likeness (QED) is 0.853. The van der Waals surface area contributed by atoms with E-state index in [1.54, 1.807) is 22.9 Å². The fourth-order valence-electron chi connectivity index (χ4n) is 2.36. The van der Waals surface area contributed by atoms with Crippen LogP contribution in [0.5, 0.6) is 0 Å². The zero-order chi connectivity index (χ0) is 15.6. The second-order valence-electron chi connectivity index (χ2n) is 4.94. The van der Waals surface area contributed by atoms with Gasteiger partial charge in [0.2, 0.25) is 5.91 Å². The third-order valence-corrected chi connectivity index (χ3v) is 3.70. The third kappa shape index (κ3) is 3.36. The van der Waals surface area contributed by atoms with Gasteiger partial charge in [0.15, 0.2) is 0 Å². The van der Waals surface area contributed by atoms with E-state index in [0.29, 0.717) is 16.4 Å². The van der Waals surface area contributed by atoms with Gasteiger partial charge in [-0.1, -0.05) is 18.5 Å². The molecule has 112 valence electrons. The second-order valence-corrected chi connectivity index (χ2v) is 5.38. The Hall–Kier alpha value is -2.01. The summed E-state index contributed by atoms with van der Waals surface area (Å²) in [6, 6.07) is 4.98. The number of rotatable bonds is 4. The molecule has 0 spiro atoms. The average Bonchev–Trinajstić information content (AvgIpc) is 2.68. The van der Waals surface area contributed by atoms with E-state index >= 15 is 0 Å². The number of amides is 1. The van der Waals surface area contributed by atoms with Crippen LogP contribution in [0.4, 0.5) is 11.4 Å². The van der Waals surface area contributed by atoms with Crippen molar-refractivity contribution in [2.24, 2.45) is 0 Å². The van der Waals surface area contributed by atoms with Crippen molar-refractivity contribution < 1.29 is 4.79 Å². The van der Waals surface area contributed by atoms with Crippen molar-refractivity contribution in [2.75, 3.05) is 11.1 Å². The number of nitrogens with two attached hydrogens (primary N) is 1. The van der Waals surface area contributed by atoms with Gasteiger partial charge in [0.25, 0.3) is 0 Å². The summed E-state index contributed by atoms with van der Waals surface area (Å²) in [4.78, 5) is 12.1. The van der Waals surface area contributed by atoms with Crippen LogP contribution in [-0.2, 0) is 17.8 Å². The first-order chi connectivity index (χ1) is 9.92. The summed E-state index contributed by atoms with van der Waals surface area (Å²) in [6.45, 7) is 6.15. The number of nitrogens with one attached hydrogen (secondary N) is 1. The standard InChI is InChI=1S/C15H19ClN4O/c1-4-12-9(2)19-20(10(12)3)8-15(21)18-14-7-11(16)5-6-13(14)17/h5-7H,4,8,17H2,1-3H3,(H,18,21). The Morgan fingerprint density at radius 1 is 1.43 bits per heavy atom. The minimum Gasteiger partial charge on any atom is -0.397 e. The van der Waals surface area contributed by atoms with Crippen molar-refractivity contribution in [2.45, 2.75) is 33.7 Å². The van der Waals surface area contributed by atoms with Gasteiger partial charge in [-0.2, -0.15) is 5.10 Å². The highest BCUT2D eigenvalue weighted by Gasteiger charge is 2.13. The van der Waals surface area contributed by atoms with E-state index in [2.05, 4.69) is 17.3 Å². The highest BCUT2D eigenvalue weighted by atomic mass is 35.5. The van der Waals surface area contributed by atoms with Crippen LogP contribution in [0, 0.1) is 13.8 Å². The van der Waals surface area contributed by atoms with Gasteiger partial charge in [0.1, 0.15) is 6.54 Å². The maximum atomic E-state index is 12.1. The molecule has 0 unspecified atom stereocenters. The molecule has 1 aromatic carbocycles. The maximum Gasteiger partial charge on any atom is 0.246 e. The lowest BCUT2D eigenvalue weighted by atomic mass is 10.1. The Labute approximate surface area is 129 Å². The fraction of sp³-hybridized carbons (Fsp3) is 0.333. The lowest BCUT2D eigenvalue weighted by Gasteiger charge is -2.09. The number of carbonyl (C=O) groups excluding carboxylic acids is 1. The SMILES string of the molecule is CCc1c(C)nn(CC(=O)Nc2cc(Cl)ccc2N)c1C. The van der Waals surface area contributed by atoms with E-state index in [0.717, 1.165) is 17.8 Å². The van der Waals surface area contributed by atoms with E-state index in [-0.39, 0.29) is 12.5 Å². The lowest BCUT2D eigenvalue weighted by molar-refractivity contribution is -0.116. The minimum atomic E-state index is -0.183. The first-order valence-electron chi connectivity index (χ1n) is 6.80. The van der Waals surface area contributed by atoms with Crippen molar-refractivity contribution in [3.63, 3.8) is 0 Å². The normalized spacial score (nSPS) is 10.7. The van der Waals surface area contributed by atoms with Gasteiger partial charge in [-0.05, 0) is 44.0 Å². The van der Waals surface area contributed by atoms with E-state index in [4.69, 9.17) is 17.3 Å². The van der Waals surface area contributed by atoms with Crippen LogP contribution in [0.15, 0.2) is 18.2 Å². The van der Waals surface area contributed by atoms with Crippen molar-refractivity contribution >= 4 is 28.9 Å². The van der Waals surface area contributed by atoms with Gasteiger partial charge < -0.3 is 11.1 Å². The molecule has 0 aliphatic heterocycles. The highest BCUT2D eigenvalue weighted by molar-refractivity contribution is 6.31. The molecule has 2 aromatic rings. The molecule has 0 atom stereocenters. The smallest absolute Gasteiger partial charge is 0.246 e. The minimum absolute atomic E-state index is 0.151. The molecule has 0 radical (unpaired) electrons. The molecule has 2 rings (SSSR count). The summed E-state index contributed by atoms with van der Waals surface area (Å²) >= 11 is 5.90. The van der Waals surface area contributed by atoms with Crippen molar-refractivity contribution in [3.8, 4) is 0 Å². The number of carbonyl (C=O) groups is 1. The molecule has 5 nitrogen and oxygen atoms in total. The fourth-order valence-corrected chi connectivity index (χ4v) is 2.53. The largest absolute Gasteiger partial charge is 0.397 e. The molecular formula is C15H19ClN4O. The molecule has 0 bridgehead atoms. The average molecular weight is 307 g/mol. The van der Waals surface area contributed by atoms with Gasteiger partial charge in [0.05, 0.1) is 17.1 Å². The molecule has 21 heavy (non-hydrogen) atoms. The van der Waals surface area contributed by atoms with Gasteiger partial charge in [-0.25, -0.2) is 0 Å². The predicted molar refractivity (Wildman–Crippen MR) is 85.6 cm³/mol. The van der Waals surface area contributed by atoms with E-state index in [9.17, 15) is 4.79 Å². The number of aromatic nitrogens is 2. The highest BCUT2D eigenvalue weighted by Crippen LogP contribution is 2.23. The molecule has 0 fully saturated rings. The van der Waals surface area contributed by atoms with Crippen LogP contribution in [0.2, 0.25) is 5.02 Å². The van der Waals surface area contributed by atoms with E-state index in [1.807, 2.05) is 13.8 Å². The first kappa shape index (κ1) is 15.4. The number of anilines is 2. The summed E-state index contributed by atoms with van der Waals surface area (Å²) in [6.07, 6.45) is 0.903. The number of nitrogens with zero attached hydrogens (tertiary/aromatic N) is 2. The van der Waals surface area contributed by atoms with Crippen LogP contribution in [0.1, 0.15) is 23.9 Å². The Kier molecular flexibility index (Phi) is 4.53. The van der Waals surface area contributed by atoms with Crippen LogP contribution in [-0.4, -0.2) is 15.7 Å². The molecule has 1 amide bonds. The van der Waals surface area contributed by atoms with Gasteiger partial charge in [-0.15, -0.1) is 0 Å². The summed E-state index contributed by atoms with van der Waals surface area (Å²) in [5, 5.41) is 7.69. The number of nitrogen functional groups attached to an aromatic ring is 1. The van der Waals surface area contributed by atoms with Crippen LogP contribution < -0.4 is 11.1 Å². The van der Waals surface area contributed by atoms with Gasteiger partial charge >= 0.3 is 0 Å². The van der Waals surface area contributed by atoms with E-state index in [1.165, 1.54) is 5.56 Å². The number of hydrogen-bond donors (Lipinski definition) is 2. The summed E-state index contributed by atoms with van der Waals surface area (Å²) in [5.74, 6) is -0.183. The van der Waals surface area contributed by atoms with E-state index < -0.39 is 0 Å². The first-order valence-corrected chi connectivity index (χ1v) is 7.18. The van der Waals surface area contributed by atoms with Crippen LogP contribution in [0.25, 0.3) is 0 Å². The molecule has 0 aliphatic rings. The van der Waals surface area contributed by atoms with Crippen molar-refractivity contribution in [1.29, 1.82) is 0 Å². The molecule has 0 saturated carbocycles. The lowest BCUT2D eigenvalue weighted by Crippen LogP contribution is -2.21. The number of hydrogen-bond acceptors (Lipinski definition) is 3. The summed E-state index contributed by atoms with van der Waals surface area (Å²) < 4.78 is 1.71. The summed E-state index contributed by atoms with van der Waals surface area (Å²) in [7, 11) is 0. The van der Waals surface area contributed by atoms with Crippen molar-refractivity contribution in [1.82, 2.24) is 9.78 Å². The molecular weight excluding hydrogens is 288 g/mol. The topological polar surface area (TPSA) is 72.9 Å². The number of halogens is 1. The zero-order valence-electron chi connectivity index (χ0n) is 12.4. The predicted octanol–water partition coefficient (Wildman–Crippen LogP) is 2.94. The zero-order valence-corrected chi connectivity index (χ0v) is 13.2. The Morgan fingerprint density at radius 3 is 2.76 bits per heavy atom. The van der Waals surface area contributed by atoms with Crippen LogP contribution in [0.3, 0.4) is 0 Å². The van der Waals surface area contributed by atoms with Crippen molar-refractivity contribution in [3.05, 3.63) is 40.2 Å². The van der Waals surface area contributed by atoms with Gasteiger partial charge in [-0.3, -0.25) is 9.48 Å². The Bertz CT molecular complexity index is 679.